The van der Waals surface area contributed by atoms with Gasteiger partial charge in [-0.15, -0.1) is 13.2 Å². The van der Waals surface area contributed by atoms with Gasteiger partial charge in [0.15, 0.2) is 0 Å². The van der Waals surface area contributed by atoms with Gasteiger partial charge in [-0.05, 0) is 0 Å². The first-order valence-electron chi connectivity index (χ1n) is 4.30. The molecule has 0 unspecified atom stereocenters. The molecule has 0 spiro atoms. The van der Waals surface area contributed by atoms with Crippen molar-refractivity contribution in [1.29, 1.82) is 0 Å². The van der Waals surface area contributed by atoms with Crippen molar-refractivity contribution in [2.75, 3.05) is 0 Å². The maximum Gasteiger partial charge on any atom is 0.574 e. The lowest BCUT2D eigenvalue weighted by atomic mass is 10.1. The summed E-state index contributed by atoms with van der Waals surface area (Å²) in [6, 6.07) is -0.220. The van der Waals surface area contributed by atoms with Crippen molar-refractivity contribution in [3.63, 3.8) is 0 Å². The van der Waals surface area contributed by atoms with Gasteiger partial charge in [-0.1, -0.05) is 0 Å². The van der Waals surface area contributed by atoms with Gasteiger partial charge in [0.1, 0.15) is 5.56 Å². The number of hydrogen-bond donors (Lipinski definition) is 1. The molecule has 3 nitrogen and oxygen atoms in total. The van der Waals surface area contributed by atoms with Crippen LogP contribution in [0, 0.1) is 0 Å². The second-order valence-corrected chi connectivity index (χ2v) is 3.14. The zero-order chi connectivity index (χ0) is 15.0. The number of pyridine rings is 1. The van der Waals surface area contributed by atoms with Crippen LogP contribution in [0.5, 0.6) is 5.88 Å². The topological polar surface area (TPSA) is 42.1 Å². The van der Waals surface area contributed by atoms with Gasteiger partial charge in [-0.2, -0.15) is 13.2 Å². The Kier molecular flexibility index (Phi) is 3.77. The molecule has 1 aromatic rings. The van der Waals surface area contributed by atoms with E-state index in [1.807, 2.05) is 0 Å². The Bertz CT molecular complexity index is 515. The molecule has 11 heteroatoms. The van der Waals surface area contributed by atoms with E-state index in [4.69, 9.17) is 0 Å². The fourth-order valence-electron chi connectivity index (χ4n) is 1.20. The van der Waals surface area contributed by atoms with Crippen molar-refractivity contribution in [2.24, 2.45) is 0 Å². The van der Waals surface area contributed by atoms with E-state index in [9.17, 15) is 39.9 Å². The number of nitrogens with one attached hydrogen (secondary N) is 1. The zero-order valence-corrected chi connectivity index (χ0v) is 8.49. The lowest BCUT2D eigenvalue weighted by Gasteiger charge is -2.14. The number of rotatable bonds is 2. The molecule has 0 aromatic carbocycles. The quantitative estimate of drug-likeness (QED) is 0.852. The van der Waals surface area contributed by atoms with Crippen molar-refractivity contribution < 1.29 is 39.9 Å². The number of hydrogen-bond acceptors (Lipinski definition) is 2. The molecule has 0 aliphatic rings. The lowest BCUT2D eigenvalue weighted by molar-refractivity contribution is -0.276. The summed E-state index contributed by atoms with van der Waals surface area (Å²) in [6.07, 6.45) is -14.6. The first-order valence-corrected chi connectivity index (χ1v) is 4.30. The third-order valence-corrected chi connectivity index (χ3v) is 1.78. The maximum absolute atomic E-state index is 12.4. The predicted octanol–water partition coefficient (Wildman–Crippen LogP) is 3.23. The van der Waals surface area contributed by atoms with Crippen LogP contribution in [0.1, 0.15) is 17.6 Å². The molecule has 0 atom stereocenters. The minimum absolute atomic E-state index is 0.220. The Labute approximate surface area is 98.3 Å². The van der Waals surface area contributed by atoms with Gasteiger partial charge in [0.25, 0.3) is 12.0 Å². The SMILES string of the molecule is O=c1[nH]c(OC(F)(F)F)cc(C(F)F)c1C(F)(F)F. The number of aromatic nitrogens is 1. The second-order valence-electron chi connectivity index (χ2n) is 3.14. The largest absolute Gasteiger partial charge is 0.574 e. The van der Waals surface area contributed by atoms with Gasteiger partial charge < -0.3 is 4.74 Å². The fourth-order valence-corrected chi connectivity index (χ4v) is 1.20. The van der Waals surface area contributed by atoms with Gasteiger partial charge in [-0.3, -0.25) is 9.78 Å². The van der Waals surface area contributed by atoms with Crippen molar-refractivity contribution in [1.82, 2.24) is 4.98 Å². The van der Waals surface area contributed by atoms with Crippen LogP contribution < -0.4 is 10.3 Å². The molecule has 0 saturated heterocycles. The van der Waals surface area contributed by atoms with Crippen LogP contribution in [0.2, 0.25) is 0 Å². The number of halogens is 8. The summed E-state index contributed by atoms with van der Waals surface area (Å²) in [5, 5.41) is 0. The highest BCUT2D eigenvalue weighted by Crippen LogP contribution is 2.35. The second kappa shape index (κ2) is 4.70. The third kappa shape index (κ3) is 3.83. The normalized spacial score (nSPS) is 12.9. The first-order chi connectivity index (χ1) is 8.42. The Morgan fingerprint density at radius 3 is 2.00 bits per heavy atom. The standard InChI is InChI=1S/C8H3F8NO2/c9-5(10)2-1-3(19-8(14,15)16)17-6(18)4(2)7(11,12)13/h1,5H,(H,17,18). The molecule has 1 heterocycles. The lowest BCUT2D eigenvalue weighted by Crippen LogP contribution is -2.27. The Hall–Kier alpha value is -1.81. The molecular weight excluding hydrogens is 294 g/mol. The zero-order valence-electron chi connectivity index (χ0n) is 8.49. The fraction of sp³-hybridized carbons (Fsp3) is 0.375. The molecule has 0 amide bonds. The van der Waals surface area contributed by atoms with Crippen LogP contribution >= 0.6 is 0 Å². The highest BCUT2D eigenvalue weighted by Gasteiger charge is 2.40. The number of alkyl halides is 8. The van der Waals surface area contributed by atoms with Gasteiger partial charge >= 0.3 is 12.5 Å². The van der Waals surface area contributed by atoms with E-state index in [1.165, 1.54) is 0 Å². The average molecular weight is 297 g/mol. The summed E-state index contributed by atoms with van der Waals surface area (Å²) in [5.41, 5.74) is -6.31. The van der Waals surface area contributed by atoms with E-state index in [2.05, 4.69) is 4.74 Å². The summed E-state index contributed by atoms with van der Waals surface area (Å²) in [6.45, 7) is 0. The van der Waals surface area contributed by atoms with Crippen molar-refractivity contribution >= 4 is 0 Å². The molecule has 1 rings (SSSR count). The van der Waals surface area contributed by atoms with Crippen molar-refractivity contribution in [2.45, 2.75) is 19.0 Å². The molecule has 108 valence electrons. The third-order valence-electron chi connectivity index (χ3n) is 1.78. The highest BCUT2D eigenvalue weighted by molar-refractivity contribution is 5.32. The van der Waals surface area contributed by atoms with E-state index < -0.39 is 41.5 Å². The molecule has 19 heavy (non-hydrogen) atoms. The Morgan fingerprint density at radius 1 is 1.11 bits per heavy atom. The summed E-state index contributed by atoms with van der Waals surface area (Å²) in [7, 11) is 0. The monoisotopic (exact) mass is 297 g/mol. The van der Waals surface area contributed by atoms with Crippen LogP contribution in [0.25, 0.3) is 0 Å². The molecule has 0 fully saturated rings. The van der Waals surface area contributed by atoms with Gasteiger partial charge in [0.2, 0.25) is 5.88 Å². The summed E-state index contributed by atoms with van der Waals surface area (Å²) < 4.78 is 100. The van der Waals surface area contributed by atoms with Crippen LogP contribution in [0.15, 0.2) is 10.9 Å². The summed E-state index contributed by atoms with van der Waals surface area (Å²) in [4.78, 5) is 12.0. The molecule has 0 saturated carbocycles. The van der Waals surface area contributed by atoms with Crippen LogP contribution in [-0.2, 0) is 6.18 Å². The number of ether oxygens (including phenoxy) is 1. The smallest absolute Gasteiger partial charge is 0.390 e. The van der Waals surface area contributed by atoms with E-state index in [0.717, 1.165) is 4.98 Å². The van der Waals surface area contributed by atoms with Crippen LogP contribution in [-0.4, -0.2) is 11.3 Å². The van der Waals surface area contributed by atoms with E-state index >= 15 is 0 Å². The van der Waals surface area contributed by atoms with E-state index in [1.54, 1.807) is 0 Å². The van der Waals surface area contributed by atoms with Crippen LogP contribution in [0.3, 0.4) is 0 Å². The summed E-state index contributed by atoms with van der Waals surface area (Å²) in [5.74, 6) is -1.55. The molecule has 0 bridgehead atoms. The molecule has 0 radical (unpaired) electrons. The minimum atomic E-state index is -5.43. The first kappa shape index (κ1) is 15.2. The molecule has 0 aliphatic heterocycles. The molecule has 0 aliphatic carbocycles. The Morgan fingerprint density at radius 2 is 1.63 bits per heavy atom. The number of aromatic amines is 1. The van der Waals surface area contributed by atoms with Gasteiger partial charge in [0, 0.05) is 11.6 Å². The molecule has 1 aromatic heterocycles. The van der Waals surface area contributed by atoms with Gasteiger partial charge in [0.05, 0.1) is 0 Å². The van der Waals surface area contributed by atoms with Crippen LogP contribution in [0.4, 0.5) is 35.1 Å². The minimum Gasteiger partial charge on any atom is -0.390 e. The van der Waals surface area contributed by atoms with Crippen molar-refractivity contribution in [3.05, 3.63) is 27.5 Å². The van der Waals surface area contributed by atoms with Crippen molar-refractivity contribution in [3.8, 4) is 5.88 Å². The van der Waals surface area contributed by atoms with E-state index in [0.29, 0.717) is 0 Å². The highest BCUT2D eigenvalue weighted by atomic mass is 19.4. The predicted molar refractivity (Wildman–Crippen MR) is 43.7 cm³/mol. The molecular formula is C8H3F8NO2. The maximum atomic E-state index is 12.4. The number of H-pyrrole nitrogens is 1. The van der Waals surface area contributed by atoms with Gasteiger partial charge in [-0.25, -0.2) is 8.78 Å². The molecule has 1 N–H and O–H groups in total. The Balaban J connectivity index is 3.43. The average Bonchev–Trinajstić information content (AvgIpc) is 2.10. The summed E-state index contributed by atoms with van der Waals surface area (Å²) >= 11 is 0. The van der Waals surface area contributed by atoms with E-state index in [-0.39, 0.29) is 6.07 Å².